The number of nitrogens with zero attached hydrogens (tertiary/aromatic N) is 2. The van der Waals surface area contributed by atoms with Gasteiger partial charge in [-0.2, -0.15) is 10.5 Å². The number of nitrogens with two attached hydrogens (primary N) is 1. The molecular weight excluding hydrogens is 346 g/mol. The lowest BCUT2D eigenvalue weighted by atomic mass is 9.97. The van der Waals surface area contributed by atoms with Gasteiger partial charge in [-0.1, -0.05) is 12.1 Å². The molecule has 0 aliphatic rings. The summed E-state index contributed by atoms with van der Waals surface area (Å²) in [6.45, 7) is 5.45. The smallest absolute Gasteiger partial charge is 0.268 e. The van der Waals surface area contributed by atoms with E-state index in [0.29, 0.717) is 11.3 Å². The van der Waals surface area contributed by atoms with E-state index in [1.54, 1.807) is 30.3 Å². The van der Waals surface area contributed by atoms with Crippen molar-refractivity contribution in [2.75, 3.05) is 12.3 Å². The number of nitrogen functional groups attached to an aromatic ring is 1. The van der Waals surface area contributed by atoms with E-state index in [4.69, 9.17) is 10.5 Å². The van der Waals surface area contributed by atoms with Crippen molar-refractivity contribution in [2.45, 2.75) is 26.3 Å². The van der Waals surface area contributed by atoms with Crippen molar-refractivity contribution in [2.24, 2.45) is 0 Å². The number of aromatic nitrogens is 1. The summed E-state index contributed by atoms with van der Waals surface area (Å²) in [7, 11) is 0. The van der Waals surface area contributed by atoms with Crippen LogP contribution in [0, 0.1) is 22.7 Å². The Balaban J connectivity index is 2.29. The van der Waals surface area contributed by atoms with Gasteiger partial charge in [-0.15, -0.1) is 0 Å². The van der Waals surface area contributed by atoms with Crippen LogP contribution in [0.5, 0.6) is 5.75 Å². The van der Waals surface area contributed by atoms with Crippen LogP contribution in [0.15, 0.2) is 29.1 Å². The molecule has 8 heteroatoms. The molecular formula is C19H19N5O3. The maximum absolute atomic E-state index is 12.0. The quantitative estimate of drug-likeness (QED) is 0.751. The lowest BCUT2D eigenvalue weighted by Gasteiger charge is -2.20. The first kappa shape index (κ1) is 19.5. The number of aromatic amines is 1. The number of ether oxygens (including phenoxy) is 1. The zero-order valence-corrected chi connectivity index (χ0v) is 15.2. The Morgan fingerprint density at radius 3 is 2.30 bits per heavy atom. The predicted molar refractivity (Wildman–Crippen MR) is 99.7 cm³/mol. The van der Waals surface area contributed by atoms with Crippen LogP contribution in [0.2, 0.25) is 0 Å². The van der Waals surface area contributed by atoms with Crippen LogP contribution in [0.25, 0.3) is 11.1 Å². The molecule has 0 saturated heterocycles. The highest BCUT2D eigenvalue weighted by molar-refractivity contribution is 5.80. The van der Waals surface area contributed by atoms with Crippen molar-refractivity contribution in [1.82, 2.24) is 10.3 Å². The number of H-pyrrole nitrogens is 1. The van der Waals surface area contributed by atoms with E-state index in [1.807, 2.05) is 26.8 Å². The van der Waals surface area contributed by atoms with Gasteiger partial charge in [0.1, 0.15) is 34.8 Å². The van der Waals surface area contributed by atoms with Crippen LogP contribution >= 0.6 is 0 Å². The molecule has 0 aliphatic carbocycles. The number of anilines is 1. The Hall–Kier alpha value is -3.78. The maximum Gasteiger partial charge on any atom is 0.268 e. The Bertz CT molecular complexity index is 1000. The minimum atomic E-state index is -0.664. The highest BCUT2D eigenvalue weighted by atomic mass is 16.5. The number of pyridine rings is 1. The van der Waals surface area contributed by atoms with Crippen LogP contribution in [-0.4, -0.2) is 23.0 Å². The molecule has 2 rings (SSSR count). The summed E-state index contributed by atoms with van der Waals surface area (Å²) in [5.41, 5.74) is 5.13. The Kier molecular flexibility index (Phi) is 5.52. The van der Waals surface area contributed by atoms with E-state index in [2.05, 4.69) is 10.3 Å². The first-order valence-corrected chi connectivity index (χ1v) is 8.06. The third kappa shape index (κ3) is 4.65. The van der Waals surface area contributed by atoms with E-state index in [0.717, 1.165) is 0 Å². The minimum Gasteiger partial charge on any atom is -0.484 e. The third-order valence-corrected chi connectivity index (χ3v) is 3.50. The molecule has 0 aliphatic heterocycles. The normalized spacial score (nSPS) is 10.6. The fraction of sp³-hybridized carbons (Fsp3) is 0.263. The summed E-state index contributed by atoms with van der Waals surface area (Å²) >= 11 is 0. The van der Waals surface area contributed by atoms with E-state index in [1.165, 1.54) is 0 Å². The first-order chi connectivity index (χ1) is 12.7. The Morgan fingerprint density at radius 1 is 1.19 bits per heavy atom. The lowest BCUT2D eigenvalue weighted by Crippen LogP contribution is -2.43. The summed E-state index contributed by atoms with van der Waals surface area (Å²) in [6, 6.07) is 10.1. The standard InChI is InChI=1S/C19H19N5O3/c1-19(2,3)24-15(25)10-27-12-6-4-11(5-7-12)16-13(8-20)17(22)23-18(26)14(16)9-21/h4-7H,10H2,1-3H3,(H,24,25)(H3,22,23,26). The number of amides is 1. The van der Waals surface area contributed by atoms with Crippen molar-refractivity contribution in [3.8, 4) is 29.0 Å². The second kappa shape index (κ2) is 7.63. The van der Waals surface area contributed by atoms with Crippen LogP contribution < -0.4 is 21.3 Å². The zero-order valence-electron chi connectivity index (χ0n) is 15.2. The molecule has 0 saturated carbocycles. The number of benzene rings is 1. The number of nitriles is 2. The molecule has 0 bridgehead atoms. The second-order valence-corrected chi connectivity index (χ2v) is 6.83. The van der Waals surface area contributed by atoms with Crippen LogP contribution in [0.3, 0.4) is 0 Å². The van der Waals surface area contributed by atoms with E-state index < -0.39 is 5.56 Å². The maximum atomic E-state index is 12.0. The van der Waals surface area contributed by atoms with Crippen molar-refractivity contribution in [1.29, 1.82) is 10.5 Å². The molecule has 0 fully saturated rings. The number of carbonyl (C=O) groups is 1. The summed E-state index contributed by atoms with van der Waals surface area (Å²) in [4.78, 5) is 26.0. The molecule has 1 aromatic heterocycles. The molecule has 1 aromatic carbocycles. The van der Waals surface area contributed by atoms with Crippen molar-refractivity contribution >= 4 is 11.7 Å². The Labute approximate surface area is 156 Å². The summed E-state index contributed by atoms with van der Waals surface area (Å²) in [5, 5.41) is 21.4. The van der Waals surface area contributed by atoms with Crippen LogP contribution in [0.4, 0.5) is 5.82 Å². The molecule has 2 aromatic rings. The van der Waals surface area contributed by atoms with Gasteiger partial charge in [0.2, 0.25) is 0 Å². The molecule has 0 unspecified atom stereocenters. The molecule has 0 radical (unpaired) electrons. The van der Waals surface area contributed by atoms with Gasteiger partial charge < -0.3 is 20.8 Å². The minimum absolute atomic E-state index is 0.0179. The topological polar surface area (TPSA) is 145 Å². The number of hydrogen-bond donors (Lipinski definition) is 3. The number of nitrogens with one attached hydrogen (secondary N) is 2. The van der Waals surface area contributed by atoms with Gasteiger partial charge in [0.25, 0.3) is 11.5 Å². The first-order valence-electron chi connectivity index (χ1n) is 8.06. The summed E-state index contributed by atoms with van der Waals surface area (Å²) in [6.07, 6.45) is 0. The van der Waals surface area contributed by atoms with Gasteiger partial charge in [0.05, 0.1) is 0 Å². The van der Waals surface area contributed by atoms with E-state index in [9.17, 15) is 20.1 Å². The van der Waals surface area contributed by atoms with Gasteiger partial charge >= 0.3 is 0 Å². The largest absolute Gasteiger partial charge is 0.484 e. The van der Waals surface area contributed by atoms with Crippen molar-refractivity contribution < 1.29 is 9.53 Å². The molecule has 0 spiro atoms. The summed E-state index contributed by atoms with van der Waals surface area (Å²) < 4.78 is 5.43. The lowest BCUT2D eigenvalue weighted by molar-refractivity contribution is -0.124. The predicted octanol–water partition coefficient (Wildman–Crippen LogP) is 1.66. The average molecular weight is 365 g/mol. The second-order valence-electron chi connectivity index (χ2n) is 6.83. The van der Waals surface area contributed by atoms with Gasteiger partial charge in [-0.05, 0) is 38.5 Å². The number of carbonyl (C=O) groups excluding carboxylic acids is 1. The Morgan fingerprint density at radius 2 is 1.78 bits per heavy atom. The van der Waals surface area contributed by atoms with Crippen LogP contribution in [-0.2, 0) is 4.79 Å². The molecule has 1 heterocycles. The number of hydrogen-bond acceptors (Lipinski definition) is 6. The van der Waals surface area contributed by atoms with Gasteiger partial charge in [-0.25, -0.2) is 0 Å². The monoisotopic (exact) mass is 365 g/mol. The van der Waals surface area contributed by atoms with Gasteiger partial charge in [0, 0.05) is 11.1 Å². The average Bonchev–Trinajstić information content (AvgIpc) is 2.58. The molecule has 138 valence electrons. The molecule has 1 amide bonds. The number of rotatable bonds is 4. The zero-order chi connectivity index (χ0) is 20.2. The third-order valence-electron chi connectivity index (χ3n) is 3.50. The molecule has 4 N–H and O–H groups in total. The van der Waals surface area contributed by atoms with Crippen molar-refractivity contribution in [3.63, 3.8) is 0 Å². The fourth-order valence-electron chi connectivity index (χ4n) is 2.45. The van der Waals surface area contributed by atoms with E-state index >= 15 is 0 Å². The fourth-order valence-corrected chi connectivity index (χ4v) is 2.45. The van der Waals surface area contributed by atoms with Gasteiger partial charge in [-0.3, -0.25) is 9.59 Å². The van der Waals surface area contributed by atoms with Gasteiger partial charge in [0.15, 0.2) is 6.61 Å². The highest BCUT2D eigenvalue weighted by Crippen LogP contribution is 2.29. The SMILES string of the molecule is CC(C)(C)NC(=O)COc1ccc(-c2c(C#N)c(N)[nH]c(=O)c2C#N)cc1. The van der Waals surface area contributed by atoms with E-state index in [-0.39, 0.29) is 40.6 Å². The van der Waals surface area contributed by atoms with Crippen molar-refractivity contribution in [3.05, 3.63) is 45.7 Å². The highest BCUT2D eigenvalue weighted by Gasteiger charge is 2.18. The van der Waals surface area contributed by atoms with Crippen LogP contribution in [0.1, 0.15) is 31.9 Å². The molecule has 27 heavy (non-hydrogen) atoms. The molecule has 8 nitrogen and oxygen atoms in total. The summed E-state index contributed by atoms with van der Waals surface area (Å²) in [5.74, 6) is 0.0702. The molecule has 0 atom stereocenters.